The highest BCUT2D eigenvalue weighted by Gasteiger charge is 2.16. The van der Waals surface area contributed by atoms with Crippen molar-refractivity contribution in [1.82, 2.24) is 4.98 Å². The van der Waals surface area contributed by atoms with Crippen molar-refractivity contribution in [2.45, 2.75) is 32.7 Å². The number of hydrogen-bond acceptors (Lipinski definition) is 6. The number of oxime groups is 1. The Bertz CT molecular complexity index is 625. The second-order valence-electron chi connectivity index (χ2n) is 4.66. The van der Waals surface area contributed by atoms with E-state index >= 15 is 0 Å². The van der Waals surface area contributed by atoms with Gasteiger partial charge in [-0.3, -0.25) is 19.9 Å². The molecule has 0 aromatic carbocycles. The number of pyridine rings is 1. The van der Waals surface area contributed by atoms with Crippen LogP contribution >= 0.6 is 0 Å². The van der Waals surface area contributed by atoms with Crippen molar-refractivity contribution in [3.05, 3.63) is 51.4 Å². The van der Waals surface area contributed by atoms with Crippen LogP contribution in [0.15, 0.2) is 29.6 Å². The van der Waals surface area contributed by atoms with Gasteiger partial charge >= 0.3 is 0 Å². The van der Waals surface area contributed by atoms with Gasteiger partial charge in [-0.05, 0) is 30.2 Å². The largest absolute Gasteiger partial charge is 0.411 e. The molecular formula is C14H18N4O4. The summed E-state index contributed by atoms with van der Waals surface area (Å²) in [6, 6.07) is 0.784. The highest BCUT2D eigenvalue weighted by Crippen LogP contribution is 2.14. The number of nitrogens with zero attached hydrogens (tertiary/aromatic N) is 3. The summed E-state index contributed by atoms with van der Waals surface area (Å²) in [6.45, 7) is 3.28. The first kappa shape index (κ1) is 17.3. The van der Waals surface area contributed by atoms with Gasteiger partial charge in [0.25, 0.3) is 5.91 Å². The predicted molar refractivity (Wildman–Crippen MR) is 80.7 cm³/mol. The van der Waals surface area contributed by atoms with E-state index in [2.05, 4.69) is 10.1 Å². The summed E-state index contributed by atoms with van der Waals surface area (Å²) >= 11 is 0. The maximum absolute atomic E-state index is 11.6. The number of carbonyl (C=O) groups excluding carboxylic acids is 1. The molecule has 1 aromatic heterocycles. The molecule has 0 fully saturated rings. The van der Waals surface area contributed by atoms with Gasteiger partial charge in [0, 0.05) is 24.5 Å². The summed E-state index contributed by atoms with van der Waals surface area (Å²) in [5.41, 5.74) is 6.95. The molecule has 0 unspecified atom stereocenters. The highest BCUT2D eigenvalue weighted by atomic mass is 16.6. The van der Waals surface area contributed by atoms with Gasteiger partial charge in [-0.15, -0.1) is 0 Å². The molecule has 1 amide bonds. The van der Waals surface area contributed by atoms with Gasteiger partial charge < -0.3 is 10.9 Å². The lowest BCUT2D eigenvalue weighted by Crippen LogP contribution is -2.19. The number of rotatable bonds is 7. The molecule has 1 rings (SSSR count). The Hall–Kier alpha value is -2.77. The Balaban J connectivity index is 3.07. The van der Waals surface area contributed by atoms with Gasteiger partial charge in [-0.2, -0.15) is 0 Å². The monoisotopic (exact) mass is 306 g/mol. The third kappa shape index (κ3) is 4.37. The van der Waals surface area contributed by atoms with E-state index < -0.39 is 16.9 Å². The minimum atomic E-state index is -0.915. The van der Waals surface area contributed by atoms with Gasteiger partial charge in [0.05, 0.1) is 17.0 Å². The number of aromatic nitrogens is 1. The third-order valence-electron chi connectivity index (χ3n) is 3.12. The Kier molecular flexibility index (Phi) is 6.18. The molecule has 0 spiro atoms. The number of nitrogens with two attached hydrogens (primary N) is 1. The fourth-order valence-electron chi connectivity index (χ4n) is 1.90. The second kappa shape index (κ2) is 7.87. The number of hydrogen-bond donors (Lipinski definition) is 2. The first-order valence-corrected chi connectivity index (χ1v) is 6.69. The minimum Gasteiger partial charge on any atom is -0.411 e. The van der Waals surface area contributed by atoms with Gasteiger partial charge in [0.2, 0.25) is 6.04 Å². The quantitative estimate of drug-likeness (QED) is 0.339. The summed E-state index contributed by atoms with van der Waals surface area (Å²) in [4.78, 5) is 25.8. The van der Waals surface area contributed by atoms with Crippen LogP contribution in [0.5, 0.6) is 0 Å². The molecule has 0 saturated carbocycles. The van der Waals surface area contributed by atoms with E-state index in [1.54, 1.807) is 12.3 Å². The number of carbonyl (C=O) groups is 1. The SMILES string of the molecule is CCc1ccnc(CC(/C=C/[C@@H](C)[N+](=O)[O-])=N\O)c1C(N)=O. The highest BCUT2D eigenvalue weighted by molar-refractivity contribution is 6.00. The van der Waals surface area contributed by atoms with E-state index in [0.29, 0.717) is 17.7 Å². The third-order valence-corrected chi connectivity index (χ3v) is 3.12. The molecule has 1 heterocycles. The van der Waals surface area contributed by atoms with Crippen LogP contribution in [0.4, 0.5) is 0 Å². The van der Waals surface area contributed by atoms with Gasteiger partial charge in [-0.25, -0.2) is 0 Å². The van der Waals surface area contributed by atoms with Crippen molar-refractivity contribution in [3.8, 4) is 0 Å². The molecule has 0 saturated heterocycles. The normalized spacial score (nSPS) is 13.3. The maximum Gasteiger partial charge on any atom is 0.250 e. The van der Waals surface area contributed by atoms with Crippen LogP contribution in [0.3, 0.4) is 0 Å². The summed E-state index contributed by atoms with van der Waals surface area (Å²) in [5.74, 6) is -0.611. The molecule has 0 radical (unpaired) electrons. The zero-order chi connectivity index (χ0) is 16.7. The predicted octanol–water partition coefficient (Wildman–Crippen LogP) is 1.34. The Labute approximate surface area is 127 Å². The van der Waals surface area contributed by atoms with Crippen LogP contribution in [0.1, 0.15) is 35.5 Å². The number of primary amides is 1. The molecule has 8 nitrogen and oxygen atoms in total. The van der Waals surface area contributed by atoms with Crippen molar-refractivity contribution in [2.75, 3.05) is 0 Å². The van der Waals surface area contributed by atoms with Crippen molar-refractivity contribution in [3.63, 3.8) is 0 Å². The van der Waals surface area contributed by atoms with E-state index in [1.807, 2.05) is 6.92 Å². The average Bonchev–Trinajstić information content (AvgIpc) is 2.49. The topological polar surface area (TPSA) is 132 Å². The fourth-order valence-corrected chi connectivity index (χ4v) is 1.90. The number of amides is 1. The summed E-state index contributed by atoms with van der Waals surface area (Å²) in [5, 5.41) is 22.7. The summed E-state index contributed by atoms with van der Waals surface area (Å²) in [6.07, 6.45) is 4.82. The van der Waals surface area contributed by atoms with E-state index in [0.717, 1.165) is 5.56 Å². The van der Waals surface area contributed by atoms with Crippen LogP contribution in [-0.4, -0.2) is 32.8 Å². The molecule has 0 aliphatic carbocycles. The molecule has 22 heavy (non-hydrogen) atoms. The number of nitro groups is 1. The number of aryl methyl sites for hydroxylation is 1. The Morgan fingerprint density at radius 2 is 2.32 bits per heavy atom. The molecule has 8 heteroatoms. The van der Waals surface area contributed by atoms with E-state index in [1.165, 1.54) is 19.1 Å². The smallest absolute Gasteiger partial charge is 0.250 e. The second-order valence-corrected chi connectivity index (χ2v) is 4.66. The van der Waals surface area contributed by atoms with Crippen molar-refractivity contribution < 1.29 is 14.9 Å². The lowest BCUT2D eigenvalue weighted by Gasteiger charge is -2.09. The first-order chi connectivity index (χ1) is 10.4. The molecular weight excluding hydrogens is 288 g/mol. The molecule has 118 valence electrons. The summed E-state index contributed by atoms with van der Waals surface area (Å²) in [7, 11) is 0. The molecule has 1 atom stereocenters. The van der Waals surface area contributed by atoms with Crippen molar-refractivity contribution in [2.24, 2.45) is 10.9 Å². The van der Waals surface area contributed by atoms with Crippen LogP contribution in [0.25, 0.3) is 0 Å². The van der Waals surface area contributed by atoms with Crippen LogP contribution in [0.2, 0.25) is 0 Å². The average molecular weight is 306 g/mol. The Morgan fingerprint density at radius 1 is 1.64 bits per heavy atom. The van der Waals surface area contributed by atoms with Crippen molar-refractivity contribution >= 4 is 11.6 Å². The van der Waals surface area contributed by atoms with E-state index in [-0.39, 0.29) is 12.1 Å². The Morgan fingerprint density at radius 3 is 2.82 bits per heavy atom. The first-order valence-electron chi connectivity index (χ1n) is 6.69. The number of allylic oxidation sites excluding steroid dienone is 1. The van der Waals surface area contributed by atoms with Gasteiger partial charge in [-0.1, -0.05) is 12.1 Å². The van der Waals surface area contributed by atoms with Gasteiger partial charge in [0.15, 0.2) is 0 Å². The van der Waals surface area contributed by atoms with Gasteiger partial charge in [0.1, 0.15) is 0 Å². The zero-order valence-electron chi connectivity index (χ0n) is 12.4. The van der Waals surface area contributed by atoms with Crippen LogP contribution in [-0.2, 0) is 12.8 Å². The zero-order valence-corrected chi connectivity index (χ0v) is 12.4. The van der Waals surface area contributed by atoms with Crippen molar-refractivity contribution in [1.29, 1.82) is 0 Å². The van der Waals surface area contributed by atoms with E-state index in [9.17, 15) is 14.9 Å². The molecule has 3 N–H and O–H groups in total. The molecule has 0 aliphatic heterocycles. The minimum absolute atomic E-state index is 0.0452. The van der Waals surface area contributed by atoms with E-state index in [4.69, 9.17) is 10.9 Å². The van der Waals surface area contributed by atoms with Crippen LogP contribution < -0.4 is 5.73 Å². The summed E-state index contributed by atoms with van der Waals surface area (Å²) < 4.78 is 0. The fraction of sp³-hybridized carbons (Fsp3) is 0.357. The standard InChI is InChI=1S/C14H18N4O4/c1-3-10-6-7-16-12(13(10)14(15)19)8-11(17-20)5-4-9(2)18(21)22/h4-7,9,20H,3,8H2,1-2H3,(H2,15,19)/b5-4+,17-11-/t9-/m1/s1. The molecule has 0 aliphatic rings. The lowest BCUT2D eigenvalue weighted by atomic mass is 10.00. The van der Waals surface area contributed by atoms with Crippen LogP contribution in [0, 0.1) is 10.1 Å². The molecule has 1 aromatic rings. The lowest BCUT2D eigenvalue weighted by molar-refractivity contribution is -0.504. The maximum atomic E-state index is 11.6. The molecule has 0 bridgehead atoms.